The van der Waals surface area contributed by atoms with Crippen molar-refractivity contribution in [1.29, 1.82) is 0 Å². The zero-order valence-electron chi connectivity index (χ0n) is 8.25. The highest BCUT2D eigenvalue weighted by Crippen LogP contribution is 2.33. The lowest BCUT2D eigenvalue weighted by Crippen LogP contribution is -2.34. The van der Waals surface area contributed by atoms with Crippen molar-refractivity contribution < 1.29 is 4.74 Å². The molecule has 0 bridgehead atoms. The molecule has 1 aromatic rings. The summed E-state index contributed by atoms with van der Waals surface area (Å²) < 4.78 is 6.67. The molecule has 1 heterocycles. The van der Waals surface area contributed by atoms with Crippen molar-refractivity contribution in [2.24, 2.45) is 5.73 Å². The first kappa shape index (κ1) is 11.4. The van der Waals surface area contributed by atoms with Crippen LogP contribution < -0.4 is 5.73 Å². The third-order valence-corrected chi connectivity index (χ3v) is 3.56. The van der Waals surface area contributed by atoms with Gasteiger partial charge in [0.25, 0.3) is 0 Å². The van der Waals surface area contributed by atoms with E-state index in [0.717, 1.165) is 34.5 Å². The fourth-order valence-corrected chi connectivity index (χ4v) is 2.77. The normalized spacial score (nSPS) is 26.6. The van der Waals surface area contributed by atoms with Crippen LogP contribution in [-0.2, 0) is 4.74 Å². The monoisotopic (exact) mass is 289 g/mol. The average molecular weight is 291 g/mol. The van der Waals surface area contributed by atoms with Gasteiger partial charge in [-0.3, -0.25) is 0 Å². The number of nitrogens with two attached hydrogens (primary N) is 1. The highest BCUT2D eigenvalue weighted by Gasteiger charge is 2.25. The Labute approximate surface area is 103 Å². The number of hydrogen-bond donors (Lipinski definition) is 1. The summed E-state index contributed by atoms with van der Waals surface area (Å²) in [6.07, 6.45) is 2.05. The third kappa shape index (κ3) is 2.53. The Bertz CT molecular complexity index is 358. The van der Waals surface area contributed by atoms with E-state index < -0.39 is 0 Å². The molecule has 1 aliphatic heterocycles. The second-order valence-electron chi connectivity index (χ2n) is 3.76. The number of halogens is 2. The van der Waals surface area contributed by atoms with Crippen molar-refractivity contribution in [2.45, 2.75) is 25.0 Å². The van der Waals surface area contributed by atoms with E-state index in [1.54, 1.807) is 0 Å². The number of rotatable bonds is 1. The van der Waals surface area contributed by atoms with Gasteiger partial charge in [-0.25, -0.2) is 0 Å². The molecule has 0 spiro atoms. The highest BCUT2D eigenvalue weighted by atomic mass is 79.9. The fraction of sp³-hybridized carbons (Fsp3) is 0.455. The van der Waals surface area contributed by atoms with E-state index in [1.165, 1.54) is 0 Å². The van der Waals surface area contributed by atoms with Crippen LogP contribution >= 0.6 is 27.5 Å². The van der Waals surface area contributed by atoms with Gasteiger partial charge in [-0.1, -0.05) is 33.6 Å². The first-order valence-electron chi connectivity index (χ1n) is 5.00. The molecule has 2 nitrogen and oxygen atoms in total. The lowest BCUT2D eigenvalue weighted by atomic mass is 9.97. The molecule has 15 heavy (non-hydrogen) atoms. The van der Waals surface area contributed by atoms with Gasteiger partial charge in [-0.2, -0.15) is 0 Å². The Hall–Kier alpha value is -0.0900. The van der Waals surface area contributed by atoms with E-state index in [9.17, 15) is 0 Å². The summed E-state index contributed by atoms with van der Waals surface area (Å²) in [7, 11) is 0. The minimum absolute atomic E-state index is 0.00890. The van der Waals surface area contributed by atoms with Gasteiger partial charge in [0, 0.05) is 22.1 Å². The molecule has 2 N–H and O–H groups in total. The van der Waals surface area contributed by atoms with Crippen LogP contribution in [0.2, 0.25) is 5.02 Å². The van der Waals surface area contributed by atoms with Gasteiger partial charge in [0.15, 0.2) is 0 Å². The van der Waals surface area contributed by atoms with Crippen LogP contribution in [0.15, 0.2) is 22.7 Å². The Morgan fingerprint density at radius 3 is 2.93 bits per heavy atom. The van der Waals surface area contributed by atoms with E-state index in [-0.39, 0.29) is 12.1 Å². The molecular weight excluding hydrogens is 277 g/mol. The molecular formula is C11H13BrClNO. The van der Waals surface area contributed by atoms with E-state index in [4.69, 9.17) is 22.1 Å². The topological polar surface area (TPSA) is 35.2 Å². The molecule has 2 rings (SSSR count). The van der Waals surface area contributed by atoms with Crippen LogP contribution in [-0.4, -0.2) is 12.6 Å². The molecule has 0 saturated carbocycles. The molecule has 82 valence electrons. The largest absolute Gasteiger partial charge is 0.372 e. The summed E-state index contributed by atoms with van der Waals surface area (Å²) in [5, 5.41) is 0.718. The predicted octanol–water partition coefficient (Wildman–Crippen LogP) is 3.28. The van der Waals surface area contributed by atoms with E-state index in [2.05, 4.69) is 15.9 Å². The summed E-state index contributed by atoms with van der Waals surface area (Å²) in [5.41, 5.74) is 7.13. The van der Waals surface area contributed by atoms with Crippen LogP contribution in [0.25, 0.3) is 0 Å². The number of hydrogen-bond acceptors (Lipinski definition) is 2. The standard InChI is InChI=1S/C11H13BrClNO/c12-9-6-7(13)3-4-8(9)11-10(14)2-1-5-15-11/h3-4,6,10-11H,1-2,5,14H2. The molecule has 1 fully saturated rings. The maximum atomic E-state index is 6.04. The van der Waals surface area contributed by atoms with Crippen LogP contribution in [0.5, 0.6) is 0 Å². The van der Waals surface area contributed by atoms with E-state index >= 15 is 0 Å². The maximum absolute atomic E-state index is 6.04. The molecule has 4 heteroatoms. The Morgan fingerprint density at radius 1 is 1.47 bits per heavy atom. The average Bonchev–Trinajstić information content (AvgIpc) is 2.20. The van der Waals surface area contributed by atoms with Crippen LogP contribution in [0.4, 0.5) is 0 Å². The second-order valence-corrected chi connectivity index (χ2v) is 5.05. The van der Waals surface area contributed by atoms with Gasteiger partial charge in [0.1, 0.15) is 0 Å². The van der Waals surface area contributed by atoms with Gasteiger partial charge in [-0.15, -0.1) is 0 Å². The van der Waals surface area contributed by atoms with Crippen molar-refractivity contribution in [3.63, 3.8) is 0 Å². The first-order chi connectivity index (χ1) is 7.18. The molecule has 1 aromatic carbocycles. The first-order valence-corrected chi connectivity index (χ1v) is 6.17. The van der Waals surface area contributed by atoms with Crippen molar-refractivity contribution in [3.05, 3.63) is 33.3 Å². The SMILES string of the molecule is NC1CCCOC1c1ccc(Cl)cc1Br. The van der Waals surface area contributed by atoms with Crippen LogP contribution in [0, 0.1) is 0 Å². The van der Waals surface area contributed by atoms with Crippen molar-refractivity contribution in [3.8, 4) is 0 Å². The zero-order chi connectivity index (χ0) is 10.8. The van der Waals surface area contributed by atoms with Crippen molar-refractivity contribution >= 4 is 27.5 Å². The molecule has 0 aliphatic carbocycles. The number of benzene rings is 1. The Balaban J connectivity index is 2.27. The van der Waals surface area contributed by atoms with E-state index in [0.29, 0.717) is 0 Å². The minimum Gasteiger partial charge on any atom is -0.372 e. The third-order valence-electron chi connectivity index (χ3n) is 2.64. The van der Waals surface area contributed by atoms with Gasteiger partial charge >= 0.3 is 0 Å². The highest BCUT2D eigenvalue weighted by molar-refractivity contribution is 9.10. The van der Waals surface area contributed by atoms with Gasteiger partial charge in [-0.05, 0) is 30.5 Å². The smallest absolute Gasteiger partial charge is 0.0986 e. The number of ether oxygens (including phenoxy) is 1. The fourth-order valence-electron chi connectivity index (χ4n) is 1.86. The quantitative estimate of drug-likeness (QED) is 0.861. The second kappa shape index (κ2) is 4.83. The zero-order valence-corrected chi connectivity index (χ0v) is 10.6. The Morgan fingerprint density at radius 2 is 2.27 bits per heavy atom. The van der Waals surface area contributed by atoms with Crippen molar-refractivity contribution in [2.75, 3.05) is 6.61 Å². The van der Waals surface area contributed by atoms with Crippen LogP contribution in [0.3, 0.4) is 0 Å². The maximum Gasteiger partial charge on any atom is 0.0986 e. The summed E-state index contributed by atoms with van der Waals surface area (Å²) in [4.78, 5) is 0. The summed E-state index contributed by atoms with van der Waals surface area (Å²) in [6.45, 7) is 0.785. The minimum atomic E-state index is -0.00890. The summed E-state index contributed by atoms with van der Waals surface area (Å²) >= 11 is 9.38. The molecule has 1 saturated heterocycles. The summed E-state index contributed by atoms with van der Waals surface area (Å²) in [6, 6.07) is 5.80. The van der Waals surface area contributed by atoms with Gasteiger partial charge in [0.2, 0.25) is 0 Å². The lowest BCUT2D eigenvalue weighted by Gasteiger charge is -2.30. The lowest BCUT2D eigenvalue weighted by molar-refractivity contribution is -0.000274. The van der Waals surface area contributed by atoms with Crippen molar-refractivity contribution in [1.82, 2.24) is 0 Å². The van der Waals surface area contributed by atoms with Gasteiger partial charge in [0.05, 0.1) is 6.10 Å². The van der Waals surface area contributed by atoms with E-state index in [1.807, 2.05) is 18.2 Å². The molecule has 1 aliphatic rings. The molecule has 2 atom stereocenters. The van der Waals surface area contributed by atoms with Gasteiger partial charge < -0.3 is 10.5 Å². The Kier molecular flexibility index (Phi) is 3.67. The van der Waals surface area contributed by atoms with Crippen LogP contribution in [0.1, 0.15) is 24.5 Å². The molecule has 2 unspecified atom stereocenters. The summed E-state index contributed by atoms with van der Waals surface area (Å²) in [5.74, 6) is 0. The molecule has 0 aromatic heterocycles. The predicted molar refractivity (Wildman–Crippen MR) is 65.1 cm³/mol. The molecule has 0 amide bonds. The molecule has 0 radical (unpaired) electrons.